The fourth-order valence-electron chi connectivity index (χ4n) is 2.27. The molecule has 0 radical (unpaired) electrons. The van der Waals surface area contributed by atoms with Crippen molar-refractivity contribution in [1.82, 2.24) is 0 Å². The molecular weight excluding hydrogens is 172 g/mol. The summed E-state index contributed by atoms with van der Waals surface area (Å²) in [5.74, 6) is 0.207. The molecule has 0 N–H and O–H groups in total. The molecule has 0 saturated carbocycles. The van der Waals surface area contributed by atoms with Crippen molar-refractivity contribution >= 4 is 11.4 Å². The molecule has 2 rings (SSSR count). The van der Waals surface area contributed by atoms with E-state index in [1.165, 1.54) is 22.3 Å². The van der Waals surface area contributed by atoms with Crippen molar-refractivity contribution in [2.24, 2.45) is 0 Å². The molecule has 0 amide bonds. The van der Waals surface area contributed by atoms with Crippen LogP contribution in [0, 0.1) is 6.92 Å². The lowest BCUT2D eigenvalue weighted by molar-refractivity contribution is -0.113. The van der Waals surface area contributed by atoms with Crippen molar-refractivity contribution in [3.63, 3.8) is 0 Å². The second-order valence-corrected chi connectivity index (χ2v) is 3.95. The number of fused-ring (bicyclic) bond motifs is 1. The van der Waals surface area contributed by atoms with Gasteiger partial charge < -0.3 is 0 Å². The third-order valence-corrected chi connectivity index (χ3v) is 2.98. The van der Waals surface area contributed by atoms with Crippen LogP contribution in [0.5, 0.6) is 0 Å². The van der Waals surface area contributed by atoms with E-state index in [0.717, 1.165) is 12.0 Å². The second-order valence-electron chi connectivity index (χ2n) is 3.95. The Kier molecular flexibility index (Phi) is 2.03. The predicted molar refractivity (Wildman–Crippen MR) is 58.2 cm³/mol. The van der Waals surface area contributed by atoms with Gasteiger partial charge in [-0.1, -0.05) is 18.2 Å². The molecule has 0 spiro atoms. The molecule has 1 aromatic rings. The van der Waals surface area contributed by atoms with Crippen LogP contribution in [0.25, 0.3) is 5.57 Å². The molecule has 1 nitrogen and oxygen atoms in total. The number of aryl methyl sites for hydroxylation is 1. The summed E-state index contributed by atoms with van der Waals surface area (Å²) in [5.41, 5.74) is 6.02. The van der Waals surface area contributed by atoms with E-state index in [1.54, 1.807) is 6.92 Å². The summed E-state index contributed by atoms with van der Waals surface area (Å²) in [6.45, 7) is 5.81. The second kappa shape index (κ2) is 3.09. The Labute approximate surface area is 84.5 Å². The SMILES string of the molecule is CC(=O)C1=C(C)c2c(C)cccc2C1. The number of allylic oxidation sites excluding steroid dienone is 2. The van der Waals surface area contributed by atoms with E-state index in [9.17, 15) is 4.79 Å². The first-order valence-corrected chi connectivity index (χ1v) is 4.91. The van der Waals surface area contributed by atoms with Gasteiger partial charge in [0.05, 0.1) is 0 Å². The monoisotopic (exact) mass is 186 g/mol. The summed E-state index contributed by atoms with van der Waals surface area (Å²) in [6, 6.07) is 6.28. The third kappa shape index (κ3) is 1.20. The van der Waals surface area contributed by atoms with Gasteiger partial charge in [0.2, 0.25) is 0 Å². The highest BCUT2D eigenvalue weighted by Crippen LogP contribution is 2.34. The lowest BCUT2D eigenvalue weighted by Crippen LogP contribution is -1.96. The third-order valence-electron chi connectivity index (χ3n) is 2.98. The van der Waals surface area contributed by atoms with Crippen molar-refractivity contribution in [2.45, 2.75) is 27.2 Å². The van der Waals surface area contributed by atoms with Gasteiger partial charge in [0.25, 0.3) is 0 Å². The van der Waals surface area contributed by atoms with Crippen molar-refractivity contribution in [2.75, 3.05) is 0 Å². The van der Waals surface area contributed by atoms with Gasteiger partial charge in [0.15, 0.2) is 5.78 Å². The number of rotatable bonds is 1. The Hall–Kier alpha value is -1.37. The van der Waals surface area contributed by atoms with E-state index in [0.29, 0.717) is 0 Å². The van der Waals surface area contributed by atoms with Crippen LogP contribution in [-0.4, -0.2) is 5.78 Å². The summed E-state index contributed by atoms with van der Waals surface area (Å²) in [5, 5.41) is 0. The van der Waals surface area contributed by atoms with Crippen molar-refractivity contribution in [1.29, 1.82) is 0 Å². The van der Waals surface area contributed by atoms with Gasteiger partial charge in [-0.05, 0) is 43.0 Å². The molecule has 0 aromatic heterocycles. The Morgan fingerprint density at radius 1 is 1.29 bits per heavy atom. The molecule has 1 aliphatic carbocycles. The first-order valence-electron chi connectivity index (χ1n) is 4.91. The largest absolute Gasteiger partial charge is 0.295 e. The molecule has 14 heavy (non-hydrogen) atoms. The first kappa shape index (κ1) is 9.20. The van der Waals surface area contributed by atoms with Crippen LogP contribution in [0.4, 0.5) is 0 Å². The molecule has 0 saturated heterocycles. The number of ketones is 1. The molecular formula is C13H14O. The highest BCUT2D eigenvalue weighted by Gasteiger charge is 2.21. The minimum Gasteiger partial charge on any atom is -0.295 e. The molecule has 1 heteroatoms. The first-order chi connectivity index (χ1) is 6.61. The minimum absolute atomic E-state index is 0.207. The van der Waals surface area contributed by atoms with Gasteiger partial charge in [-0.15, -0.1) is 0 Å². The van der Waals surface area contributed by atoms with E-state index in [1.807, 2.05) is 0 Å². The van der Waals surface area contributed by atoms with Gasteiger partial charge >= 0.3 is 0 Å². The number of hydrogen-bond donors (Lipinski definition) is 0. The zero-order valence-corrected chi connectivity index (χ0v) is 8.85. The Morgan fingerprint density at radius 3 is 2.57 bits per heavy atom. The van der Waals surface area contributed by atoms with E-state index < -0.39 is 0 Å². The maximum absolute atomic E-state index is 11.4. The quantitative estimate of drug-likeness (QED) is 0.659. The van der Waals surface area contributed by atoms with Gasteiger partial charge in [0, 0.05) is 12.0 Å². The minimum atomic E-state index is 0.207. The van der Waals surface area contributed by atoms with Gasteiger partial charge in [-0.3, -0.25) is 4.79 Å². The fourth-order valence-corrected chi connectivity index (χ4v) is 2.27. The average molecular weight is 186 g/mol. The van der Waals surface area contributed by atoms with Crippen LogP contribution >= 0.6 is 0 Å². The van der Waals surface area contributed by atoms with Gasteiger partial charge in [-0.25, -0.2) is 0 Å². The lowest BCUT2D eigenvalue weighted by Gasteiger charge is -2.04. The van der Waals surface area contributed by atoms with Gasteiger partial charge in [0.1, 0.15) is 0 Å². The Bertz CT molecular complexity index is 439. The summed E-state index contributed by atoms with van der Waals surface area (Å²) in [4.78, 5) is 11.4. The fraction of sp³-hybridized carbons (Fsp3) is 0.308. The van der Waals surface area contributed by atoms with Gasteiger partial charge in [-0.2, -0.15) is 0 Å². The van der Waals surface area contributed by atoms with Crippen molar-refractivity contribution in [3.8, 4) is 0 Å². The number of benzene rings is 1. The predicted octanol–water partition coefficient (Wildman–Crippen LogP) is 2.91. The van der Waals surface area contributed by atoms with Crippen LogP contribution in [0.1, 0.15) is 30.5 Å². The van der Waals surface area contributed by atoms with E-state index in [2.05, 4.69) is 32.0 Å². The normalized spacial score (nSPS) is 14.5. The van der Waals surface area contributed by atoms with Crippen LogP contribution in [0.3, 0.4) is 0 Å². The van der Waals surface area contributed by atoms with E-state index in [-0.39, 0.29) is 5.78 Å². The smallest absolute Gasteiger partial charge is 0.156 e. The van der Waals surface area contributed by atoms with E-state index in [4.69, 9.17) is 0 Å². The highest BCUT2D eigenvalue weighted by atomic mass is 16.1. The maximum Gasteiger partial charge on any atom is 0.156 e. The Balaban J connectivity index is 2.61. The molecule has 0 bridgehead atoms. The van der Waals surface area contributed by atoms with E-state index >= 15 is 0 Å². The molecule has 0 unspecified atom stereocenters. The summed E-state index contributed by atoms with van der Waals surface area (Å²) < 4.78 is 0. The number of carbonyl (C=O) groups excluding carboxylic acids is 1. The molecule has 1 aromatic carbocycles. The number of Topliss-reactive ketones (excluding diaryl/α,β-unsaturated/α-hetero) is 1. The van der Waals surface area contributed by atoms with Crippen molar-refractivity contribution < 1.29 is 4.79 Å². The number of carbonyl (C=O) groups is 1. The van der Waals surface area contributed by atoms with Crippen LogP contribution < -0.4 is 0 Å². The topological polar surface area (TPSA) is 17.1 Å². The zero-order valence-electron chi connectivity index (χ0n) is 8.85. The standard InChI is InChI=1S/C13H14O/c1-8-5-4-6-11-7-12(10(3)14)9(2)13(8)11/h4-6H,7H2,1-3H3. The number of hydrogen-bond acceptors (Lipinski definition) is 1. The highest BCUT2D eigenvalue weighted by molar-refractivity contribution is 6.04. The van der Waals surface area contributed by atoms with Crippen LogP contribution in [0.2, 0.25) is 0 Å². The molecule has 72 valence electrons. The maximum atomic E-state index is 11.4. The molecule has 0 atom stereocenters. The van der Waals surface area contributed by atoms with Crippen LogP contribution in [-0.2, 0) is 11.2 Å². The summed E-state index contributed by atoms with van der Waals surface area (Å²) in [6.07, 6.45) is 0.818. The lowest BCUT2D eigenvalue weighted by atomic mass is 10.0. The molecule has 1 aliphatic rings. The molecule has 0 heterocycles. The summed E-state index contributed by atoms with van der Waals surface area (Å²) in [7, 11) is 0. The zero-order chi connectivity index (χ0) is 10.3. The van der Waals surface area contributed by atoms with Crippen molar-refractivity contribution in [3.05, 3.63) is 40.5 Å². The Morgan fingerprint density at radius 2 is 2.00 bits per heavy atom. The van der Waals surface area contributed by atoms with Crippen LogP contribution in [0.15, 0.2) is 23.8 Å². The average Bonchev–Trinajstić information content (AvgIpc) is 2.45. The molecule has 0 aliphatic heterocycles. The summed E-state index contributed by atoms with van der Waals surface area (Å²) >= 11 is 0. The molecule has 0 fully saturated rings.